The summed E-state index contributed by atoms with van der Waals surface area (Å²) in [6.07, 6.45) is 0.127. The van der Waals surface area contributed by atoms with Crippen molar-refractivity contribution in [3.8, 4) is 0 Å². The van der Waals surface area contributed by atoms with Gasteiger partial charge in [0, 0.05) is 7.05 Å². The molecular formula is C18H16Cl2N4O2. The third kappa shape index (κ3) is 4.15. The number of aryl methyl sites for hydroxylation is 1. The number of hydrogen-bond acceptors (Lipinski definition) is 3. The molecule has 0 aliphatic heterocycles. The van der Waals surface area contributed by atoms with Crippen LogP contribution in [0.4, 0.5) is 0 Å². The largest absolute Gasteiger partial charge is 0.331 e. The zero-order chi connectivity index (χ0) is 18.7. The lowest BCUT2D eigenvalue weighted by atomic mass is 10.1. The molecule has 1 heterocycles. The first-order valence-corrected chi connectivity index (χ1v) is 8.61. The van der Waals surface area contributed by atoms with Crippen molar-refractivity contribution in [2.75, 3.05) is 0 Å². The number of rotatable bonds is 4. The van der Waals surface area contributed by atoms with Gasteiger partial charge in [-0.2, -0.15) is 0 Å². The van der Waals surface area contributed by atoms with Gasteiger partial charge in [0.25, 0.3) is 0 Å². The number of hydrogen-bond donors (Lipinski definition) is 2. The molecule has 0 spiro atoms. The van der Waals surface area contributed by atoms with E-state index in [1.807, 2.05) is 35.9 Å². The topological polar surface area (TPSA) is 76.0 Å². The zero-order valence-electron chi connectivity index (χ0n) is 13.9. The Morgan fingerprint density at radius 1 is 1.00 bits per heavy atom. The normalized spacial score (nSPS) is 10.7. The Hall–Kier alpha value is -2.57. The molecule has 134 valence electrons. The summed E-state index contributed by atoms with van der Waals surface area (Å²) in [4.78, 5) is 28.5. The lowest BCUT2D eigenvalue weighted by Crippen LogP contribution is -2.43. The molecule has 8 heteroatoms. The lowest BCUT2D eigenvalue weighted by Gasteiger charge is -2.08. The molecule has 2 N–H and O–H groups in total. The van der Waals surface area contributed by atoms with Crippen molar-refractivity contribution in [1.82, 2.24) is 20.4 Å². The van der Waals surface area contributed by atoms with Crippen LogP contribution in [0, 0.1) is 0 Å². The van der Waals surface area contributed by atoms with E-state index in [1.54, 1.807) is 18.2 Å². The molecule has 26 heavy (non-hydrogen) atoms. The molecule has 0 radical (unpaired) electrons. The maximum Gasteiger partial charge on any atom is 0.245 e. The van der Waals surface area contributed by atoms with Crippen LogP contribution < -0.4 is 10.9 Å². The molecule has 0 aliphatic rings. The molecule has 0 saturated heterocycles. The van der Waals surface area contributed by atoms with E-state index in [2.05, 4.69) is 15.8 Å². The Labute approximate surface area is 160 Å². The molecule has 6 nitrogen and oxygen atoms in total. The van der Waals surface area contributed by atoms with Crippen LogP contribution in [0.3, 0.4) is 0 Å². The van der Waals surface area contributed by atoms with Crippen molar-refractivity contribution in [3.63, 3.8) is 0 Å². The minimum Gasteiger partial charge on any atom is -0.331 e. The summed E-state index contributed by atoms with van der Waals surface area (Å²) in [5.41, 5.74) is 7.24. The van der Waals surface area contributed by atoms with Gasteiger partial charge in [-0.3, -0.25) is 20.4 Å². The predicted octanol–water partition coefficient (Wildman–Crippen LogP) is 2.81. The maximum atomic E-state index is 12.1. The molecule has 1 aromatic heterocycles. The van der Waals surface area contributed by atoms with E-state index in [-0.39, 0.29) is 24.7 Å². The number of halogens is 2. The number of benzene rings is 2. The van der Waals surface area contributed by atoms with Crippen molar-refractivity contribution in [3.05, 3.63) is 63.9 Å². The van der Waals surface area contributed by atoms with Crippen LogP contribution in [-0.2, 0) is 29.5 Å². The summed E-state index contributed by atoms with van der Waals surface area (Å²) in [6.45, 7) is 0. The number of carbonyl (C=O) groups is 2. The van der Waals surface area contributed by atoms with E-state index in [4.69, 9.17) is 23.2 Å². The summed E-state index contributed by atoms with van der Waals surface area (Å²) in [7, 11) is 1.85. The summed E-state index contributed by atoms with van der Waals surface area (Å²) < 4.78 is 1.85. The monoisotopic (exact) mass is 390 g/mol. The average molecular weight is 391 g/mol. The Bertz CT molecular complexity index is 984. The first kappa shape index (κ1) is 18.2. The fraction of sp³-hybridized carbons (Fsp3) is 0.167. The maximum absolute atomic E-state index is 12.1. The molecule has 0 unspecified atom stereocenters. The van der Waals surface area contributed by atoms with Crippen LogP contribution >= 0.6 is 23.2 Å². The fourth-order valence-electron chi connectivity index (χ4n) is 2.56. The van der Waals surface area contributed by atoms with E-state index in [0.29, 0.717) is 21.4 Å². The highest BCUT2D eigenvalue weighted by molar-refractivity contribution is 6.42. The van der Waals surface area contributed by atoms with Crippen LogP contribution in [0.25, 0.3) is 11.0 Å². The summed E-state index contributed by atoms with van der Waals surface area (Å²) in [5.74, 6) is -0.102. The van der Waals surface area contributed by atoms with Gasteiger partial charge in [-0.15, -0.1) is 0 Å². The highest BCUT2D eigenvalue weighted by Crippen LogP contribution is 2.22. The lowest BCUT2D eigenvalue weighted by molar-refractivity contribution is -0.128. The van der Waals surface area contributed by atoms with E-state index < -0.39 is 0 Å². The Morgan fingerprint density at radius 2 is 1.69 bits per heavy atom. The number of hydrazine groups is 1. The van der Waals surface area contributed by atoms with E-state index >= 15 is 0 Å². The molecular weight excluding hydrogens is 375 g/mol. The van der Waals surface area contributed by atoms with Gasteiger partial charge < -0.3 is 4.57 Å². The van der Waals surface area contributed by atoms with Crippen LogP contribution in [0.1, 0.15) is 11.4 Å². The second-order valence-electron chi connectivity index (χ2n) is 5.77. The second-order valence-corrected chi connectivity index (χ2v) is 6.59. The van der Waals surface area contributed by atoms with Gasteiger partial charge in [0.05, 0.1) is 33.9 Å². The predicted molar refractivity (Wildman–Crippen MR) is 101 cm³/mol. The number of aromatic nitrogens is 2. The number of fused-ring (bicyclic) bond motifs is 1. The number of nitrogens with one attached hydrogen (secondary N) is 2. The second kappa shape index (κ2) is 7.76. The minimum absolute atomic E-state index is 0.0538. The van der Waals surface area contributed by atoms with Gasteiger partial charge >= 0.3 is 0 Å². The molecule has 3 aromatic rings. The third-order valence-corrected chi connectivity index (χ3v) is 4.63. The van der Waals surface area contributed by atoms with Crippen LogP contribution in [0.2, 0.25) is 10.0 Å². The summed E-state index contributed by atoms with van der Waals surface area (Å²) >= 11 is 11.8. The van der Waals surface area contributed by atoms with Gasteiger partial charge in [0.15, 0.2) is 0 Å². The van der Waals surface area contributed by atoms with Gasteiger partial charge in [-0.05, 0) is 29.8 Å². The van der Waals surface area contributed by atoms with Crippen LogP contribution in [-0.4, -0.2) is 21.4 Å². The van der Waals surface area contributed by atoms with E-state index in [1.165, 1.54) is 0 Å². The number of nitrogens with zero attached hydrogens (tertiary/aromatic N) is 2. The van der Waals surface area contributed by atoms with Crippen molar-refractivity contribution in [2.24, 2.45) is 7.05 Å². The number of amides is 2. The highest BCUT2D eigenvalue weighted by Gasteiger charge is 2.12. The van der Waals surface area contributed by atoms with Gasteiger partial charge in [0.2, 0.25) is 11.8 Å². The zero-order valence-corrected chi connectivity index (χ0v) is 15.4. The molecule has 2 amide bonds. The quantitative estimate of drug-likeness (QED) is 0.672. The Balaban J connectivity index is 1.55. The number of carbonyl (C=O) groups excluding carboxylic acids is 2. The van der Waals surface area contributed by atoms with Gasteiger partial charge in [0.1, 0.15) is 5.82 Å². The van der Waals surface area contributed by atoms with Gasteiger partial charge in [-0.25, -0.2) is 4.98 Å². The van der Waals surface area contributed by atoms with Crippen molar-refractivity contribution in [1.29, 1.82) is 0 Å². The van der Waals surface area contributed by atoms with Crippen molar-refractivity contribution in [2.45, 2.75) is 12.8 Å². The number of imidazole rings is 1. The van der Waals surface area contributed by atoms with Crippen molar-refractivity contribution >= 4 is 46.0 Å². The van der Waals surface area contributed by atoms with E-state index in [0.717, 1.165) is 11.0 Å². The summed E-state index contributed by atoms with van der Waals surface area (Å²) in [6, 6.07) is 12.6. The smallest absolute Gasteiger partial charge is 0.245 e. The molecule has 0 aliphatic carbocycles. The fourth-order valence-corrected chi connectivity index (χ4v) is 2.88. The molecule has 0 bridgehead atoms. The molecule has 2 aromatic carbocycles. The summed E-state index contributed by atoms with van der Waals surface area (Å²) in [5, 5.41) is 0.800. The first-order chi connectivity index (χ1) is 12.4. The Morgan fingerprint density at radius 3 is 2.38 bits per heavy atom. The SMILES string of the molecule is Cn1c(CC(=O)NNC(=O)Cc2ccc(Cl)c(Cl)c2)nc2ccccc21. The van der Waals surface area contributed by atoms with E-state index in [9.17, 15) is 9.59 Å². The average Bonchev–Trinajstić information content (AvgIpc) is 2.92. The highest BCUT2D eigenvalue weighted by atomic mass is 35.5. The van der Waals surface area contributed by atoms with Crippen LogP contribution in [0.5, 0.6) is 0 Å². The molecule has 0 fully saturated rings. The Kier molecular flexibility index (Phi) is 5.44. The first-order valence-electron chi connectivity index (χ1n) is 7.86. The standard InChI is InChI=1S/C18H16Cl2N4O2/c1-24-15-5-3-2-4-14(15)21-16(24)10-18(26)23-22-17(25)9-11-6-7-12(19)13(20)8-11/h2-8H,9-10H2,1H3,(H,22,25)(H,23,26). The number of para-hydroxylation sites is 2. The van der Waals surface area contributed by atoms with Crippen LogP contribution in [0.15, 0.2) is 42.5 Å². The molecule has 0 saturated carbocycles. The third-order valence-electron chi connectivity index (χ3n) is 3.89. The molecule has 3 rings (SSSR count). The molecule has 0 atom stereocenters. The van der Waals surface area contributed by atoms with Crippen molar-refractivity contribution < 1.29 is 9.59 Å². The minimum atomic E-state index is -0.359. The van der Waals surface area contributed by atoms with Gasteiger partial charge in [-0.1, -0.05) is 41.4 Å².